The number of esters is 1. The van der Waals surface area contributed by atoms with Crippen LogP contribution in [0.3, 0.4) is 0 Å². The van der Waals surface area contributed by atoms with Gasteiger partial charge in [-0.2, -0.15) is 5.10 Å². The molecular weight excluding hydrogens is 212 g/mol. The molecule has 6 nitrogen and oxygen atoms in total. The number of carbonyl (C=O) groups excluding carboxylic acids is 2. The first-order valence-electron chi connectivity index (χ1n) is 4.96. The molecule has 0 rings (SSSR count). The van der Waals surface area contributed by atoms with Crippen molar-refractivity contribution in [3.8, 4) is 0 Å². The first-order chi connectivity index (χ1) is 7.26. The van der Waals surface area contributed by atoms with Gasteiger partial charge in [0.1, 0.15) is 11.3 Å². The van der Waals surface area contributed by atoms with Crippen molar-refractivity contribution in [3.63, 3.8) is 0 Å². The minimum absolute atomic E-state index is 0.0627. The topological polar surface area (TPSA) is 77.0 Å². The predicted octanol–water partition coefficient (Wildman–Crippen LogP) is 1.45. The van der Waals surface area contributed by atoms with E-state index >= 15 is 0 Å². The molecule has 0 heterocycles. The van der Waals surface area contributed by atoms with Crippen LogP contribution in [0, 0.1) is 0 Å². The van der Waals surface area contributed by atoms with Crippen LogP contribution in [-0.2, 0) is 14.3 Å². The van der Waals surface area contributed by atoms with Gasteiger partial charge in [0.05, 0.1) is 6.61 Å². The zero-order chi connectivity index (χ0) is 12.8. The van der Waals surface area contributed by atoms with E-state index in [-0.39, 0.29) is 12.3 Å². The van der Waals surface area contributed by atoms with E-state index in [9.17, 15) is 9.59 Å². The third-order valence-electron chi connectivity index (χ3n) is 1.28. The molecule has 0 bridgehead atoms. The summed E-state index contributed by atoms with van der Waals surface area (Å²) in [5, 5.41) is 3.54. The van der Waals surface area contributed by atoms with E-state index < -0.39 is 17.7 Å². The fourth-order valence-electron chi connectivity index (χ4n) is 0.712. The molecule has 0 aliphatic heterocycles. The molecule has 0 unspecified atom stereocenters. The van der Waals surface area contributed by atoms with Crippen LogP contribution < -0.4 is 5.43 Å². The van der Waals surface area contributed by atoms with E-state index in [4.69, 9.17) is 4.74 Å². The van der Waals surface area contributed by atoms with Crippen LogP contribution >= 0.6 is 0 Å². The van der Waals surface area contributed by atoms with Crippen molar-refractivity contribution in [2.24, 2.45) is 5.10 Å². The number of hydrogen-bond acceptors (Lipinski definition) is 5. The number of nitrogens with one attached hydrogen (secondary N) is 1. The van der Waals surface area contributed by atoms with Gasteiger partial charge in [-0.05, 0) is 34.6 Å². The molecule has 0 fully saturated rings. The molecule has 0 aliphatic rings. The molecule has 0 aliphatic carbocycles. The van der Waals surface area contributed by atoms with Gasteiger partial charge < -0.3 is 9.47 Å². The Morgan fingerprint density at radius 2 is 1.88 bits per heavy atom. The molecule has 0 saturated heterocycles. The lowest BCUT2D eigenvalue weighted by Gasteiger charge is -2.18. The van der Waals surface area contributed by atoms with Gasteiger partial charge in [0, 0.05) is 0 Å². The Kier molecular flexibility index (Phi) is 5.49. The summed E-state index contributed by atoms with van der Waals surface area (Å²) < 4.78 is 9.59. The summed E-state index contributed by atoms with van der Waals surface area (Å²) in [6.45, 7) is 8.58. The van der Waals surface area contributed by atoms with Crippen molar-refractivity contribution in [2.75, 3.05) is 6.61 Å². The summed E-state index contributed by atoms with van der Waals surface area (Å²) in [7, 11) is 0. The van der Waals surface area contributed by atoms with Gasteiger partial charge in [-0.25, -0.2) is 15.0 Å². The quantitative estimate of drug-likeness (QED) is 0.452. The Labute approximate surface area is 95.0 Å². The van der Waals surface area contributed by atoms with Gasteiger partial charge in [-0.1, -0.05) is 0 Å². The highest BCUT2D eigenvalue weighted by atomic mass is 16.6. The molecule has 0 radical (unpaired) electrons. The second-order valence-corrected chi connectivity index (χ2v) is 4.03. The maximum Gasteiger partial charge on any atom is 0.428 e. The van der Waals surface area contributed by atoms with Crippen LogP contribution in [0.15, 0.2) is 5.10 Å². The smallest absolute Gasteiger partial charge is 0.428 e. The fourth-order valence-corrected chi connectivity index (χ4v) is 0.712. The third kappa shape index (κ3) is 6.80. The lowest BCUT2D eigenvalue weighted by Crippen LogP contribution is -2.31. The fraction of sp³-hybridized carbons (Fsp3) is 0.700. The molecule has 0 aromatic rings. The Balaban J connectivity index is 4.17. The molecule has 0 spiro atoms. The SMILES string of the molecule is CCOC(=O)C(C)=NNC(=O)OC(C)(C)C. The highest BCUT2D eigenvalue weighted by molar-refractivity contribution is 6.35. The van der Waals surface area contributed by atoms with Gasteiger partial charge in [0.25, 0.3) is 0 Å². The Morgan fingerprint density at radius 3 is 2.31 bits per heavy atom. The number of ether oxygens (including phenoxy) is 2. The summed E-state index contributed by atoms with van der Waals surface area (Å²) >= 11 is 0. The van der Waals surface area contributed by atoms with Crippen molar-refractivity contribution in [2.45, 2.75) is 40.2 Å². The van der Waals surface area contributed by atoms with Gasteiger partial charge in [-0.3, -0.25) is 0 Å². The minimum Gasteiger partial charge on any atom is -0.461 e. The van der Waals surface area contributed by atoms with Crippen LogP contribution in [0.5, 0.6) is 0 Å². The van der Waals surface area contributed by atoms with Crippen molar-refractivity contribution in [3.05, 3.63) is 0 Å². The van der Waals surface area contributed by atoms with Crippen LogP contribution in [-0.4, -0.2) is 30.0 Å². The lowest BCUT2D eigenvalue weighted by molar-refractivity contribution is -0.135. The summed E-state index contributed by atoms with van der Waals surface area (Å²) in [6, 6.07) is 0. The molecular formula is C10H18N2O4. The van der Waals surface area contributed by atoms with Crippen molar-refractivity contribution < 1.29 is 19.1 Å². The average molecular weight is 230 g/mol. The summed E-state index contributed by atoms with van der Waals surface area (Å²) in [4.78, 5) is 22.2. The molecule has 16 heavy (non-hydrogen) atoms. The number of nitrogens with zero attached hydrogens (tertiary/aromatic N) is 1. The van der Waals surface area contributed by atoms with Gasteiger partial charge in [0.2, 0.25) is 0 Å². The van der Waals surface area contributed by atoms with Crippen LogP contribution in [0.25, 0.3) is 0 Å². The summed E-state index contributed by atoms with van der Waals surface area (Å²) in [5.74, 6) is -0.571. The van der Waals surface area contributed by atoms with Crippen molar-refractivity contribution in [1.82, 2.24) is 5.43 Å². The number of rotatable bonds is 3. The molecule has 92 valence electrons. The summed E-state index contributed by atoms with van der Waals surface area (Å²) in [5.41, 5.74) is 1.57. The molecule has 1 amide bonds. The second-order valence-electron chi connectivity index (χ2n) is 4.03. The van der Waals surface area contributed by atoms with Gasteiger partial charge >= 0.3 is 12.1 Å². The van der Waals surface area contributed by atoms with E-state index in [0.717, 1.165) is 0 Å². The van der Waals surface area contributed by atoms with E-state index in [1.54, 1.807) is 27.7 Å². The van der Waals surface area contributed by atoms with Gasteiger partial charge in [-0.15, -0.1) is 0 Å². The number of carbonyl (C=O) groups is 2. The molecule has 0 saturated carbocycles. The Hall–Kier alpha value is -1.59. The lowest BCUT2D eigenvalue weighted by atomic mass is 10.2. The first kappa shape index (κ1) is 14.4. The van der Waals surface area contributed by atoms with Gasteiger partial charge in [0.15, 0.2) is 0 Å². The third-order valence-corrected chi connectivity index (χ3v) is 1.28. The number of hydrazone groups is 1. The number of hydrogen-bond donors (Lipinski definition) is 1. The van der Waals surface area contributed by atoms with Crippen molar-refractivity contribution in [1.29, 1.82) is 0 Å². The minimum atomic E-state index is -0.712. The zero-order valence-electron chi connectivity index (χ0n) is 10.3. The standard InChI is InChI=1S/C10H18N2O4/c1-6-15-8(13)7(2)11-12-9(14)16-10(3,4)5/h6H2,1-5H3,(H,12,14). The average Bonchev–Trinajstić information content (AvgIpc) is 2.11. The maximum absolute atomic E-state index is 11.2. The molecule has 6 heteroatoms. The van der Waals surface area contributed by atoms with Crippen molar-refractivity contribution >= 4 is 17.8 Å². The molecule has 0 aromatic carbocycles. The Morgan fingerprint density at radius 1 is 1.31 bits per heavy atom. The summed E-state index contributed by atoms with van der Waals surface area (Å²) in [6.07, 6.45) is -0.712. The Bertz CT molecular complexity index is 292. The monoisotopic (exact) mass is 230 g/mol. The van der Waals surface area contributed by atoms with Crippen LogP contribution in [0.4, 0.5) is 4.79 Å². The molecule has 0 atom stereocenters. The zero-order valence-corrected chi connectivity index (χ0v) is 10.3. The normalized spacial score (nSPS) is 11.9. The van der Waals surface area contributed by atoms with E-state index in [0.29, 0.717) is 0 Å². The van der Waals surface area contributed by atoms with Crippen LogP contribution in [0.2, 0.25) is 0 Å². The highest BCUT2D eigenvalue weighted by Crippen LogP contribution is 2.06. The second kappa shape index (κ2) is 6.09. The van der Waals surface area contributed by atoms with E-state index in [2.05, 4.69) is 15.3 Å². The highest BCUT2D eigenvalue weighted by Gasteiger charge is 2.16. The predicted molar refractivity (Wildman–Crippen MR) is 59.1 cm³/mol. The largest absolute Gasteiger partial charge is 0.461 e. The van der Waals surface area contributed by atoms with E-state index in [1.807, 2.05) is 0 Å². The first-order valence-corrected chi connectivity index (χ1v) is 4.96. The van der Waals surface area contributed by atoms with E-state index in [1.165, 1.54) is 6.92 Å². The molecule has 0 aromatic heterocycles. The molecule has 1 N–H and O–H groups in total. The number of amides is 1. The van der Waals surface area contributed by atoms with Crippen LogP contribution in [0.1, 0.15) is 34.6 Å². The maximum atomic E-state index is 11.2.